The maximum absolute atomic E-state index is 12.9. The van der Waals surface area contributed by atoms with Crippen molar-refractivity contribution in [1.29, 1.82) is 0 Å². The lowest BCUT2D eigenvalue weighted by Crippen LogP contribution is -2.29. The normalized spacial score (nSPS) is 15.1. The van der Waals surface area contributed by atoms with Crippen molar-refractivity contribution in [2.45, 2.75) is 37.7 Å². The Morgan fingerprint density at radius 2 is 2.06 bits per heavy atom. The predicted molar refractivity (Wildman–Crippen MR) is 133 cm³/mol. The first-order valence-corrected chi connectivity index (χ1v) is 12.3. The molecule has 1 aliphatic rings. The van der Waals surface area contributed by atoms with Crippen LogP contribution in [0, 0.1) is 6.92 Å². The van der Waals surface area contributed by atoms with Crippen LogP contribution < -0.4 is 10.1 Å². The largest absolute Gasteiger partial charge is 0.496 e. The molecule has 7 nitrogen and oxygen atoms in total. The molecule has 3 aromatic rings. The van der Waals surface area contributed by atoms with Gasteiger partial charge in [0.25, 0.3) is 0 Å². The number of aryl methyl sites for hydroxylation is 1. The smallest absolute Gasteiger partial charge is 0.338 e. The number of fused-ring (bicyclic) bond motifs is 1. The molecule has 1 atom stereocenters. The Morgan fingerprint density at radius 1 is 1.24 bits per heavy atom. The van der Waals surface area contributed by atoms with Crippen molar-refractivity contribution in [2.75, 3.05) is 19.0 Å². The van der Waals surface area contributed by atoms with Gasteiger partial charge in [0.2, 0.25) is 11.1 Å². The third-order valence-electron chi connectivity index (χ3n) is 5.27. The summed E-state index contributed by atoms with van der Waals surface area (Å²) in [7, 11) is 1.62. The molecule has 0 radical (unpaired) electrons. The molecule has 2 aromatic carbocycles. The maximum atomic E-state index is 12.9. The molecular formula is C24H25BrN4O3S. The zero-order valence-electron chi connectivity index (χ0n) is 18.9. The van der Waals surface area contributed by atoms with Gasteiger partial charge in [0, 0.05) is 11.4 Å². The fourth-order valence-corrected chi connectivity index (χ4v) is 5.11. The van der Waals surface area contributed by atoms with Crippen LogP contribution in [0.4, 0.5) is 5.95 Å². The number of allylic oxidation sites excluding steroid dienone is 1. The second kappa shape index (κ2) is 10.0. The number of ether oxygens (including phenoxy) is 2. The lowest BCUT2D eigenvalue weighted by atomic mass is 9.96. The van der Waals surface area contributed by atoms with Gasteiger partial charge in [-0.15, -0.1) is 5.10 Å². The van der Waals surface area contributed by atoms with Crippen LogP contribution in [0.25, 0.3) is 0 Å². The van der Waals surface area contributed by atoms with Gasteiger partial charge in [0.1, 0.15) is 11.8 Å². The fraction of sp³-hybridized carbons (Fsp3) is 0.292. The standard InChI is InChI=1S/C24H25BrN4O3S/c1-5-32-22(30)20-15(3)26-23-27-24(33-13-16-8-6-7-14(2)11-16)28-29(23)21(20)17-9-10-19(31-4)18(25)12-17/h6-12,21H,5,13H2,1-4H3,(H,26,27,28)/t21-/m0/s1. The van der Waals surface area contributed by atoms with Crippen LogP contribution in [0.15, 0.2) is 63.4 Å². The minimum atomic E-state index is -0.483. The van der Waals surface area contributed by atoms with Gasteiger partial charge in [-0.25, -0.2) is 9.48 Å². The number of anilines is 1. The van der Waals surface area contributed by atoms with Gasteiger partial charge < -0.3 is 14.8 Å². The number of hydrogen-bond donors (Lipinski definition) is 1. The Morgan fingerprint density at radius 3 is 2.76 bits per heavy atom. The van der Waals surface area contributed by atoms with Crippen LogP contribution in [0.5, 0.6) is 5.75 Å². The number of aromatic nitrogens is 3. The lowest BCUT2D eigenvalue weighted by Gasteiger charge is -2.28. The molecule has 1 aromatic heterocycles. The minimum Gasteiger partial charge on any atom is -0.496 e. The number of nitrogens with one attached hydrogen (secondary N) is 1. The second-order valence-corrected chi connectivity index (χ2v) is 9.42. The summed E-state index contributed by atoms with van der Waals surface area (Å²) >= 11 is 5.11. The number of methoxy groups -OCH3 is 1. The van der Waals surface area contributed by atoms with Gasteiger partial charge in [0.05, 0.1) is 23.8 Å². The molecule has 172 valence electrons. The van der Waals surface area contributed by atoms with Crippen LogP contribution in [0.1, 0.15) is 36.6 Å². The third-order valence-corrected chi connectivity index (χ3v) is 6.80. The van der Waals surface area contributed by atoms with E-state index in [-0.39, 0.29) is 12.6 Å². The van der Waals surface area contributed by atoms with Gasteiger partial charge in [-0.3, -0.25) is 0 Å². The van der Waals surface area contributed by atoms with E-state index in [9.17, 15) is 4.79 Å². The van der Waals surface area contributed by atoms with Gasteiger partial charge >= 0.3 is 5.97 Å². The summed E-state index contributed by atoms with van der Waals surface area (Å²) in [4.78, 5) is 17.6. The lowest BCUT2D eigenvalue weighted by molar-refractivity contribution is -0.139. The van der Waals surface area contributed by atoms with E-state index in [1.165, 1.54) is 11.1 Å². The van der Waals surface area contributed by atoms with E-state index in [2.05, 4.69) is 52.4 Å². The van der Waals surface area contributed by atoms with Gasteiger partial charge in [-0.2, -0.15) is 4.98 Å². The molecule has 2 heterocycles. The van der Waals surface area contributed by atoms with E-state index in [1.807, 2.05) is 25.1 Å². The zero-order chi connectivity index (χ0) is 23.5. The first-order chi connectivity index (χ1) is 15.9. The highest BCUT2D eigenvalue weighted by atomic mass is 79.9. The number of rotatable bonds is 7. The number of carbonyl (C=O) groups excluding carboxylic acids is 1. The van der Waals surface area contributed by atoms with Gasteiger partial charge in [-0.1, -0.05) is 47.7 Å². The summed E-state index contributed by atoms with van der Waals surface area (Å²) in [5.74, 6) is 1.67. The Balaban J connectivity index is 1.72. The van der Waals surface area contributed by atoms with Crippen LogP contribution in [0.3, 0.4) is 0 Å². The maximum Gasteiger partial charge on any atom is 0.338 e. The number of hydrogen-bond acceptors (Lipinski definition) is 7. The molecule has 0 amide bonds. The molecule has 0 saturated heterocycles. The molecule has 1 aliphatic heterocycles. The number of halogens is 1. The molecule has 0 fully saturated rings. The molecule has 4 rings (SSSR count). The van der Waals surface area contributed by atoms with E-state index in [4.69, 9.17) is 19.6 Å². The van der Waals surface area contributed by atoms with Crippen molar-refractivity contribution >= 4 is 39.6 Å². The van der Waals surface area contributed by atoms with Crippen molar-refractivity contribution in [3.05, 3.63) is 74.9 Å². The Bertz CT molecular complexity index is 1220. The van der Waals surface area contributed by atoms with E-state index < -0.39 is 6.04 Å². The van der Waals surface area contributed by atoms with Crippen molar-refractivity contribution < 1.29 is 14.3 Å². The summed E-state index contributed by atoms with van der Waals surface area (Å²) in [6.07, 6.45) is 0. The molecule has 0 aliphatic carbocycles. The fourth-order valence-electron chi connectivity index (χ4n) is 3.78. The second-order valence-electron chi connectivity index (χ2n) is 7.62. The number of thioether (sulfide) groups is 1. The molecule has 9 heteroatoms. The number of benzene rings is 2. The molecular weight excluding hydrogens is 504 g/mol. The number of carbonyl (C=O) groups is 1. The highest BCUT2D eigenvalue weighted by Gasteiger charge is 2.35. The Kier molecular flexibility index (Phi) is 7.09. The average molecular weight is 529 g/mol. The minimum absolute atomic E-state index is 0.288. The van der Waals surface area contributed by atoms with Gasteiger partial charge in [0.15, 0.2) is 0 Å². The molecule has 0 spiro atoms. The highest BCUT2D eigenvalue weighted by molar-refractivity contribution is 9.10. The van der Waals surface area contributed by atoms with E-state index >= 15 is 0 Å². The quantitative estimate of drug-likeness (QED) is 0.320. The van der Waals surface area contributed by atoms with Gasteiger partial charge in [-0.05, 0) is 60.0 Å². The van der Waals surface area contributed by atoms with Crippen LogP contribution in [-0.2, 0) is 15.3 Å². The Hall–Kier alpha value is -2.78. The van der Waals surface area contributed by atoms with Crippen molar-refractivity contribution in [3.8, 4) is 5.75 Å². The summed E-state index contributed by atoms with van der Waals surface area (Å²) in [5, 5.41) is 8.63. The topological polar surface area (TPSA) is 78.3 Å². The van der Waals surface area contributed by atoms with Crippen molar-refractivity contribution in [1.82, 2.24) is 14.8 Å². The molecule has 1 N–H and O–H groups in total. The number of nitrogens with zero attached hydrogens (tertiary/aromatic N) is 3. The van der Waals surface area contributed by atoms with Crippen LogP contribution in [0.2, 0.25) is 0 Å². The van der Waals surface area contributed by atoms with Crippen LogP contribution >= 0.6 is 27.7 Å². The summed E-state index contributed by atoms with van der Waals surface area (Å²) < 4.78 is 13.3. The van der Waals surface area contributed by atoms with Crippen molar-refractivity contribution in [3.63, 3.8) is 0 Å². The number of esters is 1. The van der Waals surface area contributed by atoms with E-state index in [0.717, 1.165) is 15.8 Å². The summed E-state index contributed by atoms with van der Waals surface area (Å²) in [6.45, 7) is 6.02. The monoisotopic (exact) mass is 528 g/mol. The highest BCUT2D eigenvalue weighted by Crippen LogP contribution is 2.39. The summed E-state index contributed by atoms with van der Waals surface area (Å²) in [5.41, 5.74) is 4.49. The third kappa shape index (κ3) is 4.94. The molecule has 0 bridgehead atoms. The SMILES string of the molecule is CCOC(=O)C1=C(C)Nc2nc(SCc3cccc(C)c3)nn2[C@H]1c1ccc(OC)c(Br)c1. The zero-order valence-corrected chi connectivity index (χ0v) is 21.3. The Labute approximate surface area is 205 Å². The van der Waals surface area contributed by atoms with E-state index in [1.54, 1.807) is 30.5 Å². The van der Waals surface area contributed by atoms with Crippen molar-refractivity contribution in [2.24, 2.45) is 0 Å². The first kappa shape index (κ1) is 23.4. The predicted octanol–water partition coefficient (Wildman–Crippen LogP) is 5.50. The van der Waals surface area contributed by atoms with E-state index in [0.29, 0.717) is 28.1 Å². The van der Waals surface area contributed by atoms with Crippen LogP contribution in [-0.4, -0.2) is 34.5 Å². The molecule has 0 unspecified atom stereocenters. The summed E-state index contributed by atoms with van der Waals surface area (Å²) in [6, 6.07) is 13.6. The molecule has 33 heavy (non-hydrogen) atoms. The molecule has 0 saturated carbocycles. The average Bonchev–Trinajstić information content (AvgIpc) is 3.19. The first-order valence-electron chi connectivity index (χ1n) is 10.5.